The average Bonchev–Trinajstić information content (AvgIpc) is 1.62. The molecule has 0 amide bonds. The van der Waals surface area contributed by atoms with Gasteiger partial charge in [-0.15, -0.1) is 5.11 Å². The van der Waals surface area contributed by atoms with Crippen LogP contribution in [0.3, 0.4) is 0 Å². The van der Waals surface area contributed by atoms with E-state index in [0.29, 0.717) is 0 Å². The minimum absolute atomic E-state index is 3.22. The second-order valence-electron chi connectivity index (χ2n) is 1.09. The summed E-state index contributed by atoms with van der Waals surface area (Å²) >= 11 is 0. The van der Waals surface area contributed by atoms with Crippen molar-refractivity contribution < 1.29 is 27.1 Å². The van der Waals surface area contributed by atoms with Crippen LogP contribution in [0.25, 0.3) is 0 Å². The minimum Gasteiger partial charge on any atom is -0.196 e. The maximum Gasteiger partial charge on any atom is 0.440 e. The van der Waals surface area contributed by atoms with Gasteiger partial charge in [-0.2, -0.15) is 22.0 Å². The normalized spacial score (nSPS) is 11.3. The lowest BCUT2D eigenvalue weighted by Gasteiger charge is -1.98. The Labute approximate surface area is 46.4 Å². The van der Waals surface area contributed by atoms with E-state index >= 15 is 0 Å². The van der Waals surface area contributed by atoms with Gasteiger partial charge in [-0.25, -0.2) is 0 Å². The van der Waals surface area contributed by atoms with Gasteiger partial charge in [0.1, 0.15) is 0 Å². The van der Waals surface area contributed by atoms with Crippen LogP contribution in [0.2, 0.25) is 0 Å². The molecule has 0 aliphatic rings. The van der Waals surface area contributed by atoms with Crippen LogP contribution >= 0.6 is 0 Å². The van der Waals surface area contributed by atoms with Crippen molar-refractivity contribution in [3.63, 3.8) is 0 Å². The monoisotopic (exact) mass is 147 g/mol. The molecule has 1 radical (unpaired) electrons. The molecule has 0 spiro atoms. The molecule has 0 aromatic rings. The van der Waals surface area contributed by atoms with Gasteiger partial charge in [-0.3, -0.25) is 0 Å². The highest BCUT2D eigenvalue weighted by atomic mass is 19.3. The second-order valence-corrected chi connectivity index (χ2v) is 1.09. The molecule has 0 fully saturated rings. The molecule has 0 bridgehead atoms. The summed E-state index contributed by atoms with van der Waals surface area (Å²) in [7, 11) is 0. The molecular formula is C3F5O. The molecule has 0 rings (SSSR count). The van der Waals surface area contributed by atoms with Gasteiger partial charge in [0.2, 0.25) is 0 Å². The van der Waals surface area contributed by atoms with Gasteiger partial charge in [0, 0.05) is 0 Å². The Hall–Kier alpha value is -0.650. The Balaban J connectivity index is 4.40. The van der Waals surface area contributed by atoms with Crippen molar-refractivity contribution in [1.29, 1.82) is 0 Å². The van der Waals surface area contributed by atoms with Gasteiger partial charge in [0.15, 0.2) is 0 Å². The second kappa shape index (κ2) is 2.30. The quantitative estimate of drug-likeness (QED) is 0.506. The highest BCUT2D eigenvalue weighted by Gasteiger charge is 2.38. The van der Waals surface area contributed by atoms with Gasteiger partial charge >= 0.3 is 12.2 Å². The number of halogens is 5. The van der Waals surface area contributed by atoms with Crippen LogP contribution in [0.5, 0.6) is 0 Å². The smallest absolute Gasteiger partial charge is 0.196 e. The van der Waals surface area contributed by atoms with Crippen LogP contribution in [0.15, 0.2) is 11.9 Å². The van der Waals surface area contributed by atoms with E-state index in [4.69, 9.17) is 5.11 Å². The highest BCUT2D eigenvalue weighted by Crippen LogP contribution is 2.26. The largest absolute Gasteiger partial charge is 0.440 e. The van der Waals surface area contributed by atoms with Crippen molar-refractivity contribution in [1.82, 2.24) is 0 Å². The molecule has 0 saturated carbocycles. The fourth-order valence-corrected chi connectivity index (χ4v) is 0.110. The van der Waals surface area contributed by atoms with Gasteiger partial charge < -0.3 is 0 Å². The SMILES string of the molecule is [O]C(F)(F)C(F)=C(F)F. The highest BCUT2D eigenvalue weighted by molar-refractivity contribution is 4.98. The van der Waals surface area contributed by atoms with Crippen molar-refractivity contribution in [2.45, 2.75) is 6.11 Å². The zero-order chi connectivity index (χ0) is 7.65. The molecule has 0 unspecified atom stereocenters. The molecule has 9 heavy (non-hydrogen) atoms. The van der Waals surface area contributed by atoms with E-state index in [1.807, 2.05) is 0 Å². The molecule has 1 nitrogen and oxygen atoms in total. The zero-order valence-corrected chi connectivity index (χ0v) is 3.80. The summed E-state index contributed by atoms with van der Waals surface area (Å²) in [5.41, 5.74) is 0. The molecule has 0 saturated heterocycles. The number of alkyl halides is 2. The lowest BCUT2D eigenvalue weighted by atomic mass is 10.5. The Morgan fingerprint density at radius 3 is 1.44 bits per heavy atom. The Morgan fingerprint density at radius 1 is 1.11 bits per heavy atom. The first-order valence-corrected chi connectivity index (χ1v) is 1.65. The topological polar surface area (TPSA) is 19.9 Å². The number of rotatable bonds is 1. The summed E-state index contributed by atoms with van der Waals surface area (Å²) in [6.07, 6.45) is -8.59. The third-order valence-corrected chi connectivity index (χ3v) is 0.421. The molecular weight excluding hydrogens is 147 g/mol. The van der Waals surface area contributed by atoms with Gasteiger partial charge in [-0.1, -0.05) is 0 Å². The lowest BCUT2D eigenvalue weighted by molar-refractivity contribution is -0.224. The van der Waals surface area contributed by atoms with Crippen LogP contribution in [-0.4, -0.2) is 6.11 Å². The third-order valence-electron chi connectivity index (χ3n) is 0.421. The van der Waals surface area contributed by atoms with Crippen molar-refractivity contribution in [3.8, 4) is 0 Å². The first-order chi connectivity index (χ1) is 3.85. The molecule has 0 heterocycles. The first kappa shape index (κ1) is 8.35. The van der Waals surface area contributed by atoms with Crippen LogP contribution < -0.4 is 0 Å². The molecule has 0 N–H and O–H groups in total. The summed E-state index contributed by atoms with van der Waals surface area (Å²) in [6.45, 7) is 0. The van der Waals surface area contributed by atoms with Gasteiger partial charge in [0.25, 0.3) is 5.83 Å². The lowest BCUT2D eigenvalue weighted by Crippen LogP contribution is -2.13. The first-order valence-electron chi connectivity index (χ1n) is 1.65. The van der Waals surface area contributed by atoms with Crippen molar-refractivity contribution in [3.05, 3.63) is 11.9 Å². The van der Waals surface area contributed by atoms with E-state index in [9.17, 15) is 22.0 Å². The molecule has 0 aliphatic heterocycles. The van der Waals surface area contributed by atoms with Crippen LogP contribution in [0.4, 0.5) is 22.0 Å². The number of hydrogen-bond donors (Lipinski definition) is 0. The zero-order valence-electron chi connectivity index (χ0n) is 3.80. The average molecular weight is 147 g/mol. The predicted octanol–water partition coefficient (Wildman–Crippen LogP) is 2.09. The van der Waals surface area contributed by atoms with E-state index in [2.05, 4.69) is 0 Å². The van der Waals surface area contributed by atoms with Gasteiger partial charge in [0.05, 0.1) is 0 Å². The van der Waals surface area contributed by atoms with Crippen LogP contribution in [0.1, 0.15) is 0 Å². The standard InChI is InChI=1S/C3F5O/c4-1(2(5)6)3(7,8)9. The summed E-state index contributed by atoms with van der Waals surface area (Å²) in [6, 6.07) is 0. The van der Waals surface area contributed by atoms with E-state index in [1.54, 1.807) is 0 Å². The summed E-state index contributed by atoms with van der Waals surface area (Å²) in [4.78, 5) is 0. The van der Waals surface area contributed by atoms with E-state index < -0.39 is 18.0 Å². The predicted molar refractivity (Wildman–Crippen MR) is 16.0 cm³/mol. The molecule has 6 heteroatoms. The molecule has 0 atom stereocenters. The Kier molecular flexibility index (Phi) is 2.13. The maximum absolute atomic E-state index is 11.1. The van der Waals surface area contributed by atoms with Crippen molar-refractivity contribution in [2.24, 2.45) is 0 Å². The summed E-state index contributed by atoms with van der Waals surface area (Å²) in [5.74, 6) is -3.22. The molecule has 0 aliphatic carbocycles. The Morgan fingerprint density at radius 2 is 1.44 bits per heavy atom. The minimum atomic E-state index is -5.31. The van der Waals surface area contributed by atoms with Crippen molar-refractivity contribution in [2.75, 3.05) is 0 Å². The number of hydrogen-bond acceptors (Lipinski definition) is 0. The summed E-state index contributed by atoms with van der Waals surface area (Å²) in [5, 5.41) is 9.00. The summed E-state index contributed by atoms with van der Waals surface area (Å²) < 4.78 is 54.4. The van der Waals surface area contributed by atoms with Crippen LogP contribution in [0, 0.1) is 0 Å². The maximum atomic E-state index is 11.1. The van der Waals surface area contributed by atoms with E-state index in [0.717, 1.165) is 0 Å². The van der Waals surface area contributed by atoms with E-state index in [1.165, 1.54) is 0 Å². The molecule has 0 aromatic carbocycles. The molecule has 53 valence electrons. The van der Waals surface area contributed by atoms with Gasteiger partial charge in [-0.05, 0) is 0 Å². The van der Waals surface area contributed by atoms with E-state index in [-0.39, 0.29) is 0 Å². The van der Waals surface area contributed by atoms with Crippen LogP contribution in [-0.2, 0) is 5.11 Å². The fourth-order valence-electron chi connectivity index (χ4n) is 0.110. The third kappa shape index (κ3) is 2.41. The fraction of sp³-hybridized carbons (Fsp3) is 0.333. The molecule has 0 aromatic heterocycles. The Bertz CT molecular complexity index is 130. The van der Waals surface area contributed by atoms with Crippen molar-refractivity contribution >= 4 is 0 Å².